The summed E-state index contributed by atoms with van der Waals surface area (Å²) in [5, 5.41) is 0. The number of halogens is 1. The summed E-state index contributed by atoms with van der Waals surface area (Å²) in [5.74, 6) is 0.760. The molecular formula is C3H8ClNaO2S. The average Bonchev–Trinajstić information content (AvgIpc) is 1.61. The third-order valence-electron chi connectivity index (χ3n) is 0.453. The van der Waals surface area contributed by atoms with E-state index >= 15 is 0 Å². The molecule has 0 aromatic carbocycles. The van der Waals surface area contributed by atoms with E-state index in [4.69, 9.17) is 16.2 Å². The fraction of sp³-hybridized carbons (Fsp3) is 1.00. The minimum Gasteiger partial charge on any atom is -1.00 e. The van der Waals surface area contributed by atoms with Crippen molar-refractivity contribution in [2.45, 2.75) is 6.42 Å². The van der Waals surface area contributed by atoms with Gasteiger partial charge in [0.1, 0.15) is 0 Å². The summed E-state index contributed by atoms with van der Waals surface area (Å²) in [4.78, 5) is 0. The summed E-state index contributed by atoms with van der Waals surface area (Å²) >= 11 is 3.55. The Morgan fingerprint density at radius 2 is 2.25 bits per heavy atom. The summed E-state index contributed by atoms with van der Waals surface area (Å²) in [6, 6.07) is 0. The standard InChI is InChI=1S/C3H7ClO2S.Na.H/c4-2-1-3-7(5)6;;/h1-3H2,(H,5,6);;/q;+1;-1. The van der Waals surface area contributed by atoms with E-state index in [1.165, 1.54) is 0 Å². The molecule has 0 aliphatic carbocycles. The molecule has 0 amide bonds. The van der Waals surface area contributed by atoms with Gasteiger partial charge in [-0.25, -0.2) is 4.21 Å². The zero-order valence-corrected chi connectivity index (χ0v) is 8.34. The van der Waals surface area contributed by atoms with Crippen LogP contribution in [0.15, 0.2) is 0 Å². The number of hydrogen-bond acceptors (Lipinski definition) is 1. The van der Waals surface area contributed by atoms with E-state index in [-0.39, 0.29) is 31.0 Å². The SMILES string of the molecule is O=S(O)CCCCl.[H-].[Na+]. The van der Waals surface area contributed by atoms with Crippen LogP contribution in [0.5, 0.6) is 0 Å². The Labute approximate surface area is 80.0 Å². The van der Waals surface area contributed by atoms with E-state index in [0.717, 1.165) is 0 Å². The molecule has 46 valence electrons. The molecule has 0 saturated carbocycles. The molecule has 0 radical (unpaired) electrons. The molecule has 0 saturated heterocycles. The molecule has 0 bridgehead atoms. The summed E-state index contributed by atoms with van der Waals surface area (Å²) in [6.45, 7) is 0. The molecule has 1 atom stereocenters. The van der Waals surface area contributed by atoms with E-state index in [1.807, 2.05) is 0 Å². The Morgan fingerprint density at radius 1 is 1.75 bits per heavy atom. The smallest absolute Gasteiger partial charge is 1.00 e. The maximum absolute atomic E-state index is 9.81. The summed E-state index contributed by atoms with van der Waals surface area (Å²) in [6.07, 6.45) is 0.616. The van der Waals surface area contributed by atoms with E-state index < -0.39 is 11.1 Å². The Hall–Kier alpha value is 1.40. The molecule has 8 heavy (non-hydrogen) atoms. The molecule has 0 spiro atoms. The van der Waals surface area contributed by atoms with Crippen LogP contribution in [0.1, 0.15) is 7.85 Å². The fourth-order valence-corrected chi connectivity index (χ4v) is 0.861. The first kappa shape index (κ1) is 12.1. The van der Waals surface area contributed by atoms with Gasteiger partial charge in [-0.15, -0.1) is 11.6 Å². The van der Waals surface area contributed by atoms with Crippen LogP contribution in [-0.2, 0) is 11.1 Å². The van der Waals surface area contributed by atoms with Crippen molar-refractivity contribution in [3.63, 3.8) is 0 Å². The molecule has 5 heteroatoms. The van der Waals surface area contributed by atoms with Crippen LogP contribution < -0.4 is 29.6 Å². The van der Waals surface area contributed by atoms with Crippen LogP contribution in [0, 0.1) is 0 Å². The van der Waals surface area contributed by atoms with E-state index in [9.17, 15) is 4.21 Å². The van der Waals surface area contributed by atoms with Crippen molar-refractivity contribution >= 4 is 22.7 Å². The van der Waals surface area contributed by atoms with Gasteiger partial charge in [-0.3, -0.25) is 0 Å². The average molecular weight is 167 g/mol. The molecule has 0 heterocycles. The van der Waals surface area contributed by atoms with Gasteiger partial charge in [-0.2, -0.15) is 0 Å². The monoisotopic (exact) mass is 166 g/mol. The van der Waals surface area contributed by atoms with Crippen LogP contribution in [-0.4, -0.2) is 20.4 Å². The van der Waals surface area contributed by atoms with Gasteiger partial charge in [0.2, 0.25) is 0 Å². The number of alkyl halides is 1. The van der Waals surface area contributed by atoms with Gasteiger partial charge >= 0.3 is 29.6 Å². The molecular weight excluding hydrogens is 159 g/mol. The minimum atomic E-state index is -1.65. The first-order valence-corrected chi connectivity index (χ1v) is 3.72. The van der Waals surface area contributed by atoms with E-state index in [1.54, 1.807) is 0 Å². The molecule has 1 unspecified atom stereocenters. The summed E-state index contributed by atoms with van der Waals surface area (Å²) in [7, 11) is 0. The Morgan fingerprint density at radius 3 is 2.38 bits per heavy atom. The van der Waals surface area contributed by atoms with Gasteiger partial charge in [0, 0.05) is 5.88 Å². The van der Waals surface area contributed by atoms with Crippen molar-refractivity contribution < 1.29 is 39.7 Å². The van der Waals surface area contributed by atoms with Crippen LogP contribution in [0.25, 0.3) is 0 Å². The van der Waals surface area contributed by atoms with Crippen LogP contribution in [0.4, 0.5) is 0 Å². The zero-order valence-electron chi connectivity index (χ0n) is 5.76. The van der Waals surface area contributed by atoms with Crippen molar-refractivity contribution in [2.75, 3.05) is 11.6 Å². The van der Waals surface area contributed by atoms with Gasteiger partial charge in [-0.1, -0.05) is 0 Å². The first-order chi connectivity index (χ1) is 3.27. The maximum Gasteiger partial charge on any atom is 1.00 e. The minimum absolute atomic E-state index is 0. The second-order valence-corrected chi connectivity index (χ2v) is 2.50. The van der Waals surface area contributed by atoms with Gasteiger partial charge < -0.3 is 5.98 Å². The van der Waals surface area contributed by atoms with Gasteiger partial charge in [0.25, 0.3) is 0 Å². The normalized spacial score (nSPS) is 12.2. The summed E-state index contributed by atoms with van der Waals surface area (Å²) < 4.78 is 17.9. The number of hydrogen-bond donors (Lipinski definition) is 1. The van der Waals surface area contributed by atoms with Crippen molar-refractivity contribution in [2.24, 2.45) is 0 Å². The third kappa shape index (κ3) is 10.4. The van der Waals surface area contributed by atoms with Crippen molar-refractivity contribution in [1.82, 2.24) is 0 Å². The molecule has 1 N–H and O–H groups in total. The van der Waals surface area contributed by atoms with Gasteiger partial charge in [0.15, 0.2) is 11.1 Å². The quantitative estimate of drug-likeness (QED) is 0.298. The largest absolute Gasteiger partial charge is 1.00 e. The van der Waals surface area contributed by atoms with E-state index in [2.05, 4.69) is 0 Å². The molecule has 0 fully saturated rings. The van der Waals surface area contributed by atoms with Crippen LogP contribution >= 0.6 is 11.6 Å². The zero-order chi connectivity index (χ0) is 5.70. The Balaban J connectivity index is -0.000000180. The molecule has 0 aliphatic rings. The molecule has 0 aliphatic heterocycles. The van der Waals surface area contributed by atoms with Crippen molar-refractivity contribution in [3.8, 4) is 0 Å². The second-order valence-electron chi connectivity index (χ2n) is 1.07. The van der Waals surface area contributed by atoms with Gasteiger partial charge in [0.05, 0.1) is 5.75 Å². The Kier molecular flexibility index (Phi) is 12.7. The fourth-order valence-electron chi connectivity index (χ4n) is 0.178. The molecule has 0 aromatic rings. The second kappa shape index (κ2) is 8.40. The Bertz CT molecular complexity index is 74.8. The van der Waals surface area contributed by atoms with Gasteiger partial charge in [-0.05, 0) is 6.42 Å². The predicted octanol–water partition coefficient (Wildman–Crippen LogP) is -2.05. The number of rotatable bonds is 3. The van der Waals surface area contributed by atoms with Crippen LogP contribution in [0.3, 0.4) is 0 Å². The maximum atomic E-state index is 9.81. The van der Waals surface area contributed by atoms with Crippen molar-refractivity contribution in [1.29, 1.82) is 0 Å². The molecule has 0 aromatic heterocycles. The van der Waals surface area contributed by atoms with Crippen LogP contribution in [0.2, 0.25) is 0 Å². The topological polar surface area (TPSA) is 37.3 Å². The third-order valence-corrected chi connectivity index (χ3v) is 1.36. The molecule has 0 rings (SSSR count). The summed E-state index contributed by atoms with van der Waals surface area (Å²) in [5.41, 5.74) is 0. The van der Waals surface area contributed by atoms with Crippen molar-refractivity contribution in [3.05, 3.63) is 0 Å². The van der Waals surface area contributed by atoms with E-state index in [0.29, 0.717) is 18.1 Å². The first-order valence-electron chi connectivity index (χ1n) is 1.91. The predicted molar refractivity (Wildman–Crippen MR) is 32.1 cm³/mol. The molecule has 2 nitrogen and oxygen atoms in total.